The number of aryl methyl sites for hydroxylation is 6. The van der Waals surface area contributed by atoms with Gasteiger partial charge in [0.2, 0.25) is 0 Å². The molecular formula is C26H32SiTi. The molecule has 0 saturated carbocycles. The van der Waals surface area contributed by atoms with E-state index in [9.17, 15) is 0 Å². The Kier molecular flexibility index (Phi) is 8.07. The van der Waals surface area contributed by atoms with Crippen LogP contribution in [0.4, 0.5) is 0 Å². The minimum atomic E-state index is 0.120. The zero-order valence-corrected chi connectivity index (χ0v) is 21.2. The molecule has 0 fully saturated rings. The summed E-state index contributed by atoms with van der Waals surface area (Å²) in [6.07, 6.45) is 0.120. The van der Waals surface area contributed by atoms with Crippen molar-refractivity contribution in [1.29, 1.82) is 0 Å². The molecular weight excluding hydrogens is 388 g/mol. The monoisotopic (exact) mass is 420 g/mol. The van der Waals surface area contributed by atoms with Gasteiger partial charge in [-0.15, -0.1) is 68.1 Å². The SMILES string of the molecule is C[Si](C)=[Ti+2].Cc1cc2c(C)ccc(C)c2[cH-]1.Cc1cc2c(C)ccc(C)c2[cH-]1. The van der Waals surface area contributed by atoms with E-state index in [1.807, 2.05) is 0 Å². The van der Waals surface area contributed by atoms with Gasteiger partial charge in [-0.05, 0) is 13.8 Å². The maximum Gasteiger partial charge on any atom is -0.0488 e. The Morgan fingerprint density at radius 1 is 0.607 bits per heavy atom. The number of hydrogen-bond acceptors (Lipinski definition) is 0. The second-order valence-corrected chi connectivity index (χ2v) is 14.8. The van der Waals surface area contributed by atoms with E-state index in [0.717, 1.165) is 0 Å². The van der Waals surface area contributed by atoms with Gasteiger partial charge in [-0.3, -0.25) is 0 Å². The van der Waals surface area contributed by atoms with Gasteiger partial charge in [0.05, 0.1) is 0 Å². The maximum absolute atomic E-state index is 2.27. The van der Waals surface area contributed by atoms with Crippen LogP contribution in [-0.4, -0.2) is 6.19 Å². The Morgan fingerprint density at radius 3 is 1.18 bits per heavy atom. The molecule has 0 aliphatic carbocycles. The topological polar surface area (TPSA) is 0 Å². The zero-order valence-electron chi connectivity index (χ0n) is 18.6. The summed E-state index contributed by atoms with van der Waals surface area (Å²) in [6.45, 7) is 17.5. The maximum atomic E-state index is 2.27. The standard InChI is InChI=1S/2C12H13.C2H6Si.Ti/c2*1-8-6-11-9(2)4-5-10(3)12(11)7-8;1-3-2;/h2*4-7H,1-3H3;1-2H3;/q2*-1;;+2. The normalized spacial score (nSPS) is 10.4. The predicted octanol–water partition coefficient (Wildman–Crippen LogP) is 7.75. The van der Waals surface area contributed by atoms with Crippen LogP contribution >= 0.6 is 0 Å². The van der Waals surface area contributed by atoms with Crippen molar-refractivity contribution in [3.63, 3.8) is 0 Å². The molecule has 0 bridgehead atoms. The minimum absolute atomic E-state index is 0.120. The van der Waals surface area contributed by atoms with E-state index in [-0.39, 0.29) is 6.19 Å². The third kappa shape index (κ3) is 5.80. The predicted molar refractivity (Wildman–Crippen MR) is 125 cm³/mol. The molecule has 144 valence electrons. The average Bonchev–Trinajstić information content (AvgIpc) is 3.19. The largest absolute Gasteiger partial charge is 0.165 e. The van der Waals surface area contributed by atoms with Crippen LogP contribution in [0.5, 0.6) is 0 Å². The fourth-order valence-electron chi connectivity index (χ4n) is 3.47. The third-order valence-corrected chi connectivity index (χ3v) is 4.93. The van der Waals surface area contributed by atoms with Crippen molar-refractivity contribution >= 4 is 27.7 Å². The molecule has 0 radical (unpaired) electrons. The van der Waals surface area contributed by atoms with Gasteiger partial charge in [0.15, 0.2) is 0 Å². The molecule has 0 aromatic heterocycles. The van der Waals surface area contributed by atoms with Crippen molar-refractivity contribution in [2.75, 3.05) is 0 Å². The molecule has 4 aromatic carbocycles. The van der Waals surface area contributed by atoms with Crippen LogP contribution in [0.1, 0.15) is 33.4 Å². The molecule has 0 heterocycles. The first-order valence-electron chi connectivity index (χ1n) is 9.88. The Labute approximate surface area is 182 Å². The van der Waals surface area contributed by atoms with Gasteiger partial charge in [-0.25, -0.2) is 0 Å². The summed E-state index contributed by atoms with van der Waals surface area (Å²) in [5.41, 5.74) is 8.24. The molecule has 0 aliphatic rings. The molecule has 0 atom stereocenters. The molecule has 0 nitrogen and oxygen atoms in total. The Balaban J connectivity index is 0.000000169. The van der Waals surface area contributed by atoms with Gasteiger partial charge in [0.25, 0.3) is 0 Å². The molecule has 0 N–H and O–H groups in total. The van der Waals surface area contributed by atoms with Crippen molar-refractivity contribution in [3.8, 4) is 0 Å². The molecule has 4 rings (SSSR count). The first-order chi connectivity index (χ1) is 13.1. The summed E-state index contributed by atoms with van der Waals surface area (Å²) in [5, 5.41) is 5.64. The van der Waals surface area contributed by atoms with Gasteiger partial charge in [0.1, 0.15) is 0 Å². The van der Waals surface area contributed by atoms with Crippen molar-refractivity contribution in [1.82, 2.24) is 0 Å². The van der Waals surface area contributed by atoms with E-state index < -0.39 is 0 Å². The first kappa shape index (κ1) is 22.9. The van der Waals surface area contributed by atoms with Gasteiger partial charge in [-0.1, -0.05) is 51.0 Å². The van der Waals surface area contributed by atoms with Crippen molar-refractivity contribution in [2.45, 2.75) is 54.6 Å². The number of hydrogen-bond donors (Lipinski definition) is 0. The fourth-order valence-corrected chi connectivity index (χ4v) is 3.47. The van der Waals surface area contributed by atoms with E-state index in [2.05, 4.69) is 122 Å². The first-order valence-corrected chi connectivity index (χ1v) is 14.7. The smallest absolute Gasteiger partial charge is 0.0488 e. The van der Waals surface area contributed by atoms with Gasteiger partial charge < -0.3 is 0 Å². The van der Waals surface area contributed by atoms with Crippen LogP contribution in [0.15, 0.2) is 48.5 Å². The summed E-state index contributed by atoms with van der Waals surface area (Å²) < 4.78 is 0. The summed E-state index contributed by atoms with van der Waals surface area (Å²) in [4.78, 5) is 0. The summed E-state index contributed by atoms with van der Waals surface area (Å²) in [7, 11) is 0. The average molecular weight is 420 g/mol. The third-order valence-electron chi connectivity index (χ3n) is 4.93. The quantitative estimate of drug-likeness (QED) is 0.201. The van der Waals surface area contributed by atoms with E-state index in [0.29, 0.717) is 0 Å². The molecule has 0 amide bonds. The Hall–Kier alpha value is -1.41. The van der Waals surface area contributed by atoms with Crippen LogP contribution in [-0.2, 0) is 19.2 Å². The zero-order chi connectivity index (χ0) is 21.0. The van der Waals surface area contributed by atoms with Crippen LogP contribution in [0.2, 0.25) is 13.1 Å². The second-order valence-electron chi connectivity index (χ2n) is 8.12. The Morgan fingerprint density at radius 2 is 0.893 bits per heavy atom. The number of benzene rings is 2. The van der Waals surface area contributed by atoms with Crippen LogP contribution in [0, 0.1) is 41.5 Å². The summed E-state index contributed by atoms with van der Waals surface area (Å²) in [5.74, 6) is 0. The van der Waals surface area contributed by atoms with Gasteiger partial charge in [0, 0.05) is 0 Å². The molecule has 4 aromatic rings. The minimum Gasteiger partial charge on any atom is -0.165 e. The van der Waals surface area contributed by atoms with Gasteiger partial charge in [-0.2, -0.15) is 12.1 Å². The molecule has 0 aliphatic heterocycles. The summed E-state index contributed by atoms with van der Waals surface area (Å²) in [6, 6.07) is 17.8. The van der Waals surface area contributed by atoms with Gasteiger partial charge >= 0.3 is 38.5 Å². The van der Waals surface area contributed by atoms with Crippen molar-refractivity contribution in [2.24, 2.45) is 0 Å². The fraction of sp³-hybridized carbons (Fsp3) is 0.308. The van der Waals surface area contributed by atoms with E-state index >= 15 is 0 Å². The van der Waals surface area contributed by atoms with Crippen LogP contribution in [0.3, 0.4) is 0 Å². The number of fused-ring (bicyclic) bond motifs is 2. The molecule has 0 spiro atoms. The molecule has 0 saturated heterocycles. The molecule has 0 unspecified atom stereocenters. The Bertz CT molecular complexity index is 943. The van der Waals surface area contributed by atoms with Crippen molar-refractivity contribution < 1.29 is 19.2 Å². The number of rotatable bonds is 0. The van der Waals surface area contributed by atoms with E-state index in [1.54, 1.807) is 0 Å². The van der Waals surface area contributed by atoms with Crippen molar-refractivity contribution in [3.05, 3.63) is 81.9 Å². The second kappa shape index (κ2) is 9.87. The van der Waals surface area contributed by atoms with Crippen LogP contribution < -0.4 is 0 Å². The van der Waals surface area contributed by atoms with Crippen LogP contribution in [0.25, 0.3) is 21.5 Å². The molecule has 28 heavy (non-hydrogen) atoms. The van der Waals surface area contributed by atoms with E-state index in [1.165, 1.54) is 54.9 Å². The van der Waals surface area contributed by atoms with E-state index in [4.69, 9.17) is 0 Å². The molecule has 2 heteroatoms. The summed E-state index contributed by atoms with van der Waals surface area (Å²) >= 11 is 2.27.